The van der Waals surface area contributed by atoms with Gasteiger partial charge >= 0.3 is 0 Å². The average molecular weight is 201 g/mol. The Morgan fingerprint density at radius 1 is 1.40 bits per heavy atom. The van der Waals surface area contributed by atoms with Crippen LogP contribution in [-0.4, -0.2) is 9.97 Å². The number of hydrogen-bond donors (Lipinski definition) is 2. The Hall–Kier alpha value is -1.61. The van der Waals surface area contributed by atoms with Gasteiger partial charge < -0.3 is 10.3 Å². The van der Waals surface area contributed by atoms with Gasteiger partial charge in [0.2, 0.25) is 0 Å². The quantitative estimate of drug-likeness (QED) is 0.796. The van der Waals surface area contributed by atoms with E-state index in [0.29, 0.717) is 0 Å². The van der Waals surface area contributed by atoms with Crippen molar-refractivity contribution in [2.24, 2.45) is 0 Å². The molecule has 0 radical (unpaired) electrons. The third-order valence-corrected chi connectivity index (χ3v) is 2.41. The lowest BCUT2D eigenvalue weighted by atomic mass is 10.2. The fourth-order valence-corrected chi connectivity index (χ4v) is 1.48. The molecule has 0 aliphatic heterocycles. The minimum atomic E-state index is 0.279. The Bertz CT molecular complexity index is 381. The van der Waals surface area contributed by atoms with Gasteiger partial charge in [-0.2, -0.15) is 0 Å². The van der Waals surface area contributed by atoms with Gasteiger partial charge in [-0.05, 0) is 30.7 Å². The molecule has 3 nitrogen and oxygen atoms in total. The molecule has 0 fully saturated rings. The van der Waals surface area contributed by atoms with Crippen LogP contribution in [0.15, 0.2) is 42.9 Å². The predicted octanol–water partition coefficient (Wildman–Crippen LogP) is 2.26. The molecular formula is C12H15N3. The summed E-state index contributed by atoms with van der Waals surface area (Å²) in [5.74, 6) is 0. The molecule has 0 aliphatic carbocycles. The first kappa shape index (κ1) is 9.93. The van der Waals surface area contributed by atoms with Crippen LogP contribution in [0.4, 0.5) is 0 Å². The molecule has 0 amide bonds. The second kappa shape index (κ2) is 4.75. The zero-order chi connectivity index (χ0) is 10.5. The van der Waals surface area contributed by atoms with Crippen molar-refractivity contribution >= 4 is 0 Å². The van der Waals surface area contributed by atoms with E-state index >= 15 is 0 Å². The highest BCUT2D eigenvalue weighted by Crippen LogP contribution is 2.08. The van der Waals surface area contributed by atoms with Gasteiger partial charge in [-0.3, -0.25) is 4.98 Å². The van der Waals surface area contributed by atoms with Crippen molar-refractivity contribution in [3.63, 3.8) is 0 Å². The summed E-state index contributed by atoms with van der Waals surface area (Å²) in [5, 5.41) is 3.42. The van der Waals surface area contributed by atoms with E-state index in [0.717, 1.165) is 12.2 Å². The fourth-order valence-electron chi connectivity index (χ4n) is 1.48. The van der Waals surface area contributed by atoms with Crippen LogP contribution < -0.4 is 5.32 Å². The first-order chi connectivity index (χ1) is 7.36. The van der Waals surface area contributed by atoms with Crippen molar-refractivity contribution in [1.29, 1.82) is 0 Å². The number of H-pyrrole nitrogens is 1. The molecule has 3 heteroatoms. The second-order valence-corrected chi connectivity index (χ2v) is 3.58. The maximum atomic E-state index is 4.31. The van der Waals surface area contributed by atoms with E-state index in [-0.39, 0.29) is 6.04 Å². The Balaban J connectivity index is 1.90. The molecule has 0 spiro atoms. The molecule has 2 aromatic heterocycles. The summed E-state index contributed by atoms with van der Waals surface area (Å²) >= 11 is 0. The topological polar surface area (TPSA) is 40.7 Å². The van der Waals surface area contributed by atoms with E-state index in [1.54, 1.807) is 0 Å². The highest BCUT2D eigenvalue weighted by atomic mass is 14.9. The molecule has 15 heavy (non-hydrogen) atoms. The van der Waals surface area contributed by atoms with Gasteiger partial charge in [-0.1, -0.05) is 6.07 Å². The van der Waals surface area contributed by atoms with Crippen molar-refractivity contribution in [3.05, 3.63) is 54.1 Å². The molecule has 2 aromatic rings. The zero-order valence-corrected chi connectivity index (χ0v) is 8.77. The second-order valence-electron chi connectivity index (χ2n) is 3.58. The van der Waals surface area contributed by atoms with E-state index in [2.05, 4.69) is 28.3 Å². The molecule has 2 heterocycles. The van der Waals surface area contributed by atoms with Crippen molar-refractivity contribution in [2.45, 2.75) is 19.5 Å². The van der Waals surface area contributed by atoms with Crippen LogP contribution in [0.3, 0.4) is 0 Å². The van der Waals surface area contributed by atoms with Crippen molar-refractivity contribution in [1.82, 2.24) is 15.3 Å². The Kier molecular flexibility index (Phi) is 3.15. The molecule has 0 saturated carbocycles. The van der Waals surface area contributed by atoms with E-state index < -0.39 is 0 Å². The molecule has 0 unspecified atom stereocenters. The van der Waals surface area contributed by atoms with E-state index in [1.165, 1.54) is 5.56 Å². The first-order valence-corrected chi connectivity index (χ1v) is 5.12. The number of aromatic amines is 1. The summed E-state index contributed by atoms with van der Waals surface area (Å²) in [7, 11) is 0. The average Bonchev–Trinajstić information content (AvgIpc) is 2.80. The van der Waals surface area contributed by atoms with E-state index in [1.807, 2.05) is 36.8 Å². The highest BCUT2D eigenvalue weighted by Gasteiger charge is 2.04. The number of hydrogen-bond acceptors (Lipinski definition) is 2. The fraction of sp³-hybridized carbons (Fsp3) is 0.250. The highest BCUT2D eigenvalue weighted by molar-refractivity contribution is 5.10. The summed E-state index contributed by atoms with van der Waals surface area (Å²) in [6, 6.07) is 8.33. The number of aromatic nitrogens is 2. The van der Waals surface area contributed by atoms with E-state index in [9.17, 15) is 0 Å². The summed E-state index contributed by atoms with van der Waals surface area (Å²) in [5.41, 5.74) is 2.34. The SMILES string of the molecule is C[C@@H](NCc1cc[nH]c1)c1ccccn1. The molecular weight excluding hydrogens is 186 g/mol. The predicted molar refractivity (Wildman–Crippen MR) is 60.3 cm³/mol. The van der Waals surface area contributed by atoms with Crippen LogP contribution in [0.2, 0.25) is 0 Å². The maximum absolute atomic E-state index is 4.31. The smallest absolute Gasteiger partial charge is 0.0570 e. The Labute approximate surface area is 89.6 Å². The Morgan fingerprint density at radius 3 is 3.00 bits per heavy atom. The van der Waals surface area contributed by atoms with Crippen LogP contribution in [0.25, 0.3) is 0 Å². The summed E-state index contributed by atoms with van der Waals surface area (Å²) in [6.45, 7) is 2.98. The molecule has 1 atom stereocenters. The van der Waals surface area contributed by atoms with Gasteiger partial charge in [-0.15, -0.1) is 0 Å². The maximum Gasteiger partial charge on any atom is 0.0570 e. The first-order valence-electron chi connectivity index (χ1n) is 5.12. The third-order valence-electron chi connectivity index (χ3n) is 2.41. The molecule has 2 rings (SSSR count). The summed E-state index contributed by atoms with van der Waals surface area (Å²) in [6.07, 6.45) is 5.75. The minimum Gasteiger partial charge on any atom is -0.367 e. The number of nitrogens with one attached hydrogen (secondary N) is 2. The molecule has 2 N–H and O–H groups in total. The Morgan fingerprint density at radius 2 is 2.33 bits per heavy atom. The van der Waals surface area contributed by atoms with Crippen molar-refractivity contribution < 1.29 is 0 Å². The molecule has 0 aliphatic rings. The summed E-state index contributed by atoms with van der Waals surface area (Å²) < 4.78 is 0. The van der Waals surface area contributed by atoms with Crippen LogP contribution in [0, 0.1) is 0 Å². The van der Waals surface area contributed by atoms with Gasteiger partial charge in [0.05, 0.1) is 5.69 Å². The van der Waals surface area contributed by atoms with Crippen molar-refractivity contribution in [3.8, 4) is 0 Å². The largest absolute Gasteiger partial charge is 0.367 e. The number of nitrogens with zero attached hydrogens (tertiary/aromatic N) is 1. The van der Waals surface area contributed by atoms with Gasteiger partial charge in [0.1, 0.15) is 0 Å². The monoisotopic (exact) mass is 201 g/mol. The standard InChI is InChI=1S/C12H15N3/c1-10(12-4-2-3-6-14-12)15-9-11-5-7-13-8-11/h2-8,10,13,15H,9H2,1H3/t10-/m1/s1. The van der Waals surface area contributed by atoms with Gasteiger partial charge in [0.25, 0.3) is 0 Å². The molecule has 78 valence electrons. The normalized spacial score (nSPS) is 12.6. The molecule has 0 aromatic carbocycles. The lowest BCUT2D eigenvalue weighted by Crippen LogP contribution is -2.18. The lowest BCUT2D eigenvalue weighted by Gasteiger charge is -2.12. The number of rotatable bonds is 4. The minimum absolute atomic E-state index is 0.279. The molecule has 0 bridgehead atoms. The van der Waals surface area contributed by atoms with Gasteiger partial charge in [-0.25, -0.2) is 0 Å². The van der Waals surface area contributed by atoms with Crippen LogP contribution in [0.1, 0.15) is 24.2 Å². The van der Waals surface area contributed by atoms with Crippen LogP contribution in [-0.2, 0) is 6.54 Å². The third kappa shape index (κ3) is 2.67. The van der Waals surface area contributed by atoms with Gasteiger partial charge in [0.15, 0.2) is 0 Å². The molecule has 0 saturated heterocycles. The van der Waals surface area contributed by atoms with Gasteiger partial charge in [0, 0.05) is 31.2 Å². The zero-order valence-electron chi connectivity index (χ0n) is 8.77. The van der Waals surface area contributed by atoms with Crippen LogP contribution >= 0.6 is 0 Å². The van der Waals surface area contributed by atoms with E-state index in [4.69, 9.17) is 0 Å². The lowest BCUT2D eigenvalue weighted by molar-refractivity contribution is 0.562. The number of pyridine rings is 1. The summed E-state index contributed by atoms with van der Waals surface area (Å²) in [4.78, 5) is 7.35. The van der Waals surface area contributed by atoms with Crippen LogP contribution in [0.5, 0.6) is 0 Å². The van der Waals surface area contributed by atoms with Crippen molar-refractivity contribution in [2.75, 3.05) is 0 Å².